The van der Waals surface area contributed by atoms with E-state index in [9.17, 15) is 9.18 Å². The highest BCUT2D eigenvalue weighted by atomic mass is 19.1. The molecule has 12 heavy (non-hydrogen) atoms. The van der Waals surface area contributed by atoms with Gasteiger partial charge in [-0.2, -0.15) is 0 Å². The van der Waals surface area contributed by atoms with E-state index in [4.69, 9.17) is 0 Å². The highest BCUT2D eigenvalue weighted by molar-refractivity contribution is 5.97. The summed E-state index contributed by atoms with van der Waals surface area (Å²) in [4.78, 5) is 15.0. The average Bonchev–Trinajstić information content (AvgIpc) is 2.87. The van der Waals surface area contributed by atoms with Crippen LogP contribution in [0.25, 0.3) is 0 Å². The van der Waals surface area contributed by atoms with E-state index in [1.165, 1.54) is 12.1 Å². The van der Waals surface area contributed by atoms with Gasteiger partial charge in [-0.25, -0.2) is 4.39 Å². The Kier molecular flexibility index (Phi) is 1.64. The van der Waals surface area contributed by atoms with Gasteiger partial charge in [-0.05, 0) is 25.0 Å². The summed E-state index contributed by atoms with van der Waals surface area (Å²) in [5, 5.41) is 0. The fraction of sp³-hybridized carbons (Fsp3) is 0.333. The SMILES string of the molecule is O=C(c1ccc(F)cn1)C1CC1. The molecule has 0 spiro atoms. The van der Waals surface area contributed by atoms with Crippen molar-refractivity contribution in [2.45, 2.75) is 12.8 Å². The van der Waals surface area contributed by atoms with Crippen LogP contribution >= 0.6 is 0 Å². The summed E-state index contributed by atoms with van der Waals surface area (Å²) < 4.78 is 12.4. The summed E-state index contributed by atoms with van der Waals surface area (Å²) in [6, 6.07) is 2.71. The molecule has 1 saturated carbocycles. The highest BCUT2D eigenvalue weighted by Gasteiger charge is 2.30. The van der Waals surface area contributed by atoms with Crippen LogP contribution in [-0.2, 0) is 0 Å². The monoisotopic (exact) mass is 165 g/mol. The lowest BCUT2D eigenvalue weighted by molar-refractivity contribution is 0.0962. The topological polar surface area (TPSA) is 30.0 Å². The maximum atomic E-state index is 12.4. The third kappa shape index (κ3) is 1.35. The molecule has 1 aromatic rings. The van der Waals surface area contributed by atoms with Crippen molar-refractivity contribution in [3.63, 3.8) is 0 Å². The van der Waals surface area contributed by atoms with Gasteiger partial charge in [0.05, 0.1) is 6.20 Å². The van der Waals surface area contributed by atoms with Crippen molar-refractivity contribution in [1.29, 1.82) is 0 Å². The number of hydrogen-bond acceptors (Lipinski definition) is 2. The molecule has 1 fully saturated rings. The summed E-state index contributed by atoms with van der Waals surface area (Å²) in [5.41, 5.74) is 0.388. The molecule has 0 N–H and O–H groups in total. The van der Waals surface area contributed by atoms with Crippen LogP contribution in [0.5, 0.6) is 0 Å². The van der Waals surface area contributed by atoms with Gasteiger partial charge in [-0.1, -0.05) is 0 Å². The van der Waals surface area contributed by atoms with Crippen LogP contribution in [0, 0.1) is 11.7 Å². The lowest BCUT2D eigenvalue weighted by atomic mass is 10.2. The molecule has 62 valence electrons. The fourth-order valence-electron chi connectivity index (χ4n) is 1.08. The van der Waals surface area contributed by atoms with Gasteiger partial charge in [0.2, 0.25) is 0 Å². The molecule has 1 aliphatic rings. The molecule has 1 aliphatic carbocycles. The molecule has 2 rings (SSSR count). The summed E-state index contributed by atoms with van der Waals surface area (Å²) in [5.74, 6) is -0.194. The van der Waals surface area contributed by atoms with Crippen LogP contribution in [0.2, 0.25) is 0 Å². The van der Waals surface area contributed by atoms with E-state index in [2.05, 4.69) is 4.98 Å². The predicted molar refractivity (Wildman–Crippen MR) is 41.2 cm³/mol. The Bertz CT molecular complexity index is 303. The zero-order valence-corrected chi connectivity index (χ0v) is 6.46. The molecule has 0 amide bonds. The van der Waals surface area contributed by atoms with E-state index in [1.54, 1.807) is 0 Å². The first kappa shape index (κ1) is 7.40. The first-order valence-electron chi connectivity index (χ1n) is 3.93. The van der Waals surface area contributed by atoms with Crippen molar-refractivity contribution >= 4 is 5.78 Å². The van der Waals surface area contributed by atoms with E-state index in [0.717, 1.165) is 19.0 Å². The van der Waals surface area contributed by atoms with Gasteiger partial charge in [-0.3, -0.25) is 9.78 Å². The van der Waals surface area contributed by atoms with E-state index in [-0.39, 0.29) is 11.7 Å². The molecular weight excluding hydrogens is 157 g/mol. The number of ketones is 1. The summed E-state index contributed by atoms with van der Waals surface area (Å²) >= 11 is 0. The van der Waals surface area contributed by atoms with Gasteiger partial charge in [0, 0.05) is 5.92 Å². The van der Waals surface area contributed by atoms with Crippen LogP contribution in [0.4, 0.5) is 4.39 Å². The molecule has 1 heterocycles. The number of carbonyl (C=O) groups is 1. The maximum absolute atomic E-state index is 12.4. The number of hydrogen-bond donors (Lipinski definition) is 0. The maximum Gasteiger partial charge on any atom is 0.184 e. The minimum atomic E-state index is -0.401. The minimum Gasteiger partial charge on any atom is -0.292 e. The summed E-state index contributed by atoms with van der Waals surface area (Å²) in [6.45, 7) is 0. The molecule has 0 aromatic carbocycles. The smallest absolute Gasteiger partial charge is 0.184 e. The number of aromatic nitrogens is 1. The second kappa shape index (κ2) is 2.66. The molecule has 0 unspecified atom stereocenters. The van der Waals surface area contributed by atoms with Crippen LogP contribution in [0.1, 0.15) is 23.3 Å². The number of carbonyl (C=O) groups excluding carboxylic acids is 1. The standard InChI is InChI=1S/C9H8FNO/c10-7-3-4-8(11-5-7)9(12)6-1-2-6/h3-6H,1-2H2. The third-order valence-electron chi connectivity index (χ3n) is 1.93. The number of nitrogens with zero attached hydrogens (tertiary/aromatic N) is 1. The summed E-state index contributed by atoms with van der Waals surface area (Å²) in [6.07, 6.45) is 2.99. The normalized spacial score (nSPS) is 16.1. The Morgan fingerprint density at radius 3 is 2.75 bits per heavy atom. The molecular formula is C9H8FNO. The van der Waals surface area contributed by atoms with Crippen molar-refractivity contribution in [1.82, 2.24) is 4.98 Å². The predicted octanol–water partition coefficient (Wildman–Crippen LogP) is 1.81. The average molecular weight is 165 g/mol. The van der Waals surface area contributed by atoms with Gasteiger partial charge in [0.25, 0.3) is 0 Å². The highest BCUT2D eigenvalue weighted by Crippen LogP contribution is 2.31. The Morgan fingerprint density at radius 2 is 2.25 bits per heavy atom. The lowest BCUT2D eigenvalue weighted by Gasteiger charge is -1.95. The Hall–Kier alpha value is -1.25. The van der Waals surface area contributed by atoms with E-state index in [0.29, 0.717) is 5.69 Å². The van der Waals surface area contributed by atoms with Crippen LogP contribution in [0.15, 0.2) is 18.3 Å². The van der Waals surface area contributed by atoms with Crippen LogP contribution in [-0.4, -0.2) is 10.8 Å². The van der Waals surface area contributed by atoms with E-state index in [1.807, 2.05) is 0 Å². The zero-order chi connectivity index (χ0) is 8.55. The van der Waals surface area contributed by atoms with Crippen molar-refractivity contribution < 1.29 is 9.18 Å². The Labute approximate surface area is 69.4 Å². The molecule has 1 aromatic heterocycles. The zero-order valence-electron chi connectivity index (χ0n) is 6.46. The summed E-state index contributed by atoms with van der Waals surface area (Å²) in [7, 11) is 0. The second-order valence-electron chi connectivity index (χ2n) is 3.00. The first-order chi connectivity index (χ1) is 5.77. The molecule has 3 heteroatoms. The molecule has 0 bridgehead atoms. The largest absolute Gasteiger partial charge is 0.292 e. The van der Waals surface area contributed by atoms with Crippen LogP contribution in [0.3, 0.4) is 0 Å². The van der Waals surface area contributed by atoms with Crippen molar-refractivity contribution in [2.75, 3.05) is 0 Å². The molecule has 2 nitrogen and oxygen atoms in total. The molecule has 0 saturated heterocycles. The van der Waals surface area contributed by atoms with Gasteiger partial charge in [0.15, 0.2) is 5.78 Å². The molecule has 0 atom stereocenters. The Morgan fingerprint density at radius 1 is 1.50 bits per heavy atom. The van der Waals surface area contributed by atoms with Crippen molar-refractivity contribution in [3.8, 4) is 0 Å². The van der Waals surface area contributed by atoms with Crippen LogP contribution < -0.4 is 0 Å². The molecule has 0 radical (unpaired) electrons. The van der Waals surface area contributed by atoms with E-state index < -0.39 is 5.82 Å². The van der Waals surface area contributed by atoms with Gasteiger partial charge < -0.3 is 0 Å². The Balaban J connectivity index is 2.22. The number of pyridine rings is 1. The van der Waals surface area contributed by atoms with E-state index >= 15 is 0 Å². The third-order valence-corrected chi connectivity index (χ3v) is 1.93. The van der Waals surface area contributed by atoms with Crippen molar-refractivity contribution in [2.24, 2.45) is 5.92 Å². The number of Topliss-reactive ketones (excluding diaryl/α,β-unsaturated/α-hetero) is 1. The lowest BCUT2D eigenvalue weighted by Crippen LogP contribution is -2.03. The fourth-order valence-corrected chi connectivity index (χ4v) is 1.08. The molecule has 0 aliphatic heterocycles. The van der Waals surface area contributed by atoms with Gasteiger partial charge in [-0.15, -0.1) is 0 Å². The van der Waals surface area contributed by atoms with Gasteiger partial charge >= 0.3 is 0 Å². The van der Waals surface area contributed by atoms with Gasteiger partial charge in [0.1, 0.15) is 11.5 Å². The number of halogens is 1. The quantitative estimate of drug-likeness (QED) is 0.625. The first-order valence-corrected chi connectivity index (χ1v) is 3.93. The second-order valence-corrected chi connectivity index (χ2v) is 3.00. The number of rotatable bonds is 2. The minimum absolute atomic E-state index is 0.0509. The van der Waals surface area contributed by atoms with Crippen molar-refractivity contribution in [3.05, 3.63) is 29.8 Å².